The Morgan fingerprint density at radius 1 is 0.518 bits per heavy atom. The zero-order chi connectivity index (χ0) is 60.9. The second-order valence-electron chi connectivity index (χ2n) is 24.0. The van der Waals surface area contributed by atoms with Gasteiger partial charge in [0.15, 0.2) is 10.4 Å². The van der Waals surface area contributed by atoms with E-state index < -0.39 is 23.1 Å². The van der Waals surface area contributed by atoms with Crippen LogP contribution in [0.1, 0.15) is 91.2 Å². The van der Waals surface area contributed by atoms with Crippen LogP contribution in [0, 0.1) is 10.8 Å². The van der Waals surface area contributed by atoms with E-state index in [0.29, 0.717) is 58.0 Å². The number of esters is 2. The van der Waals surface area contributed by atoms with Crippen LogP contribution < -0.4 is 21.3 Å². The van der Waals surface area contributed by atoms with Crippen molar-refractivity contribution in [3.63, 3.8) is 0 Å². The molecular formula is C64H75Br3N8O10. The minimum absolute atomic E-state index is 0.0172. The number of anilines is 1. The molecule has 18 nitrogen and oxygen atoms in total. The van der Waals surface area contributed by atoms with Crippen LogP contribution in [0.5, 0.6) is 0 Å². The van der Waals surface area contributed by atoms with Gasteiger partial charge in [-0.25, -0.2) is 19.6 Å². The lowest BCUT2D eigenvalue weighted by Gasteiger charge is -2.39. The zero-order valence-corrected chi connectivity index (χ0v) is 53.9. The van der Waals surface area contributed by atoms with Crippen LogP contribution in [0.3, 0.4) is 0 Å². The van der Waals surface area contributed by atoms with Crippen molar-refractivity contribution < 1.29 is 38.1 Å². The van der Waals surface area contributed by atoms with Crippen LogP contribution >= 0.6 is 47.8 Å². The molecule has 4 saturated heterocycles. The highest BCUT2D eigenvalue weighted by atomic mass is 79.9. The van der Waals surface area contributed by atoms with E-state index in [1.807, 2.05) is 173 Å². The molecule has 0 aliphatic carbocycles. The van der Waals surface area contributed by atoms with Crippen molar-refractivity contribution in [2.75, 3.05) is 57.3 Å². The van der Waals surface area contributed by atoms with Crippen molar-refractivity contribution in [2.45, 2.75) is 118 Å². The smallest absolute Gasteiger partial charge is 0.410 e. The Balaban J connectivity index is 0.000000185. The van der Waals surface area contributed by atoms with Gasteiger partial charge in [-0.2, -0.15) is 0 Å². The molecule has 21 heteroatoms. The van der Waals surface area contributed by atoms with Crippen LogP contribution in [0.2, 0.25) is 0 Å². The van der Waals surface area contributed by atoms with E-state index in [4.69, 9.17) is 23.9 Å². The second-order valence-corrected chi connectivity index (χ2v) is 26.2. The average Bonchev–Trinajstić information content (AvgIpc) is 4.31. The molecular weight excluding hydrogens is 1280 g/mol. The van der Waals surface area contributed by atoms with Gasteiger partial charge >= 0.3 is 24.1 Å². The van der Waals surface area contributed by atoms with Gasteiger partial charge in [0.2, 0.25) is 0 Å². The highest BCUT2D eigenvalue weighted by molar-refractivity contribution is 9.11. The molecule has 2 spiro atoms. The van der Waals surface area contributed by atoms with E-state index >= 15 is 0 Å². The summed E-state index contributed by atoms with van der Waals surface area (Å²) in [5, 5.41) is 3.43. The summed E-state index contributed by atoms with van der Waals surface area (Å²) in [5.74, 6) is -0.698. The first-order chi connectivity index (χ1) is 40.5. The minimum atomic E-state index is -0.533. The normalized spacial score (nSPS) is 16.2. The van der Waals surface area contributed by atoms with Crippen molar-refractivity contribution >= 4 is 77.7 Å². The standard InChI is InChI=1S/C32H37BrN4O5.C19H14Br2N2O3.C13H24N2O2/c1-31(2,3)42-30(40)35-17-14-32(15-18-35)16-19-36(22-32)28-29(39)37(20-25(38)41-21-23-10-6-4-7-11-23)26(27(33)34-28)24-12-8-5-9-13-24;20-17-16(14-9-5-2-6-10-14)23(19(25)18(21)22-17)11-15(24)26-12-13-7-3-1-4-8-13;1-12(2,3)17-11(16)15-8-5-13(6-9-15)4-7-14-10-13/h4-13H,14-22H2,1-3H3;1-10H,11-12H2;14H,4-10H2,1-3H3. The quantitative estimate of drug-likeness (QED) is 0.0950. The lowest BCUT2D eigenvalue weighted by atomic mass is 9.78. The van der Waals surface area contributed by atoms with Gasteiger partial charge in [-0.05, 0) is 156 Å². The topological polar surface area (TPSA) is 197 Å². The molecule has 6 aromatic rings. The molecule has 452 valence electrons. The number of hydrogen-bond acceptors (Lipinski definition) is 14. The first-order valence-electron chi connectivity index (χ1n) is 28.7. The molecule has 4 aliphatic heterocycles. The molecule has 1 N–H and O–H groups in total. The number of hydrogen-bond donors (Lipinski definition) is 1. The first-order valence-corrected chi connectivity index (χ1v) is 31.1. The van der Waals surface area contributed by atoms with E-state index in [2.05, 4.69) is 58.1 Å². The number of likely N-dealkylation sites (tertiary alicyclic amines) is 2. The average molecular weight is 1360 g/mol. The number of nitrogens with one attached hydrogen (secondary N) is 1. The number of ether oxygens (including phenoxy) is 4. The molecule has 0 bridgehead atoms. The Morgan fingerprint density at radius 3 is 1.34 bits per heavy atom. The molecule has 85 heavy (non-hydrogen) atoms. The number of carbonyl (C=O) groups excluding carboxylic acids is 4. The molecule has 2 amide bonds. The molecule has 6 heterocycles. The van der Waals surface area contributed by atoms with E-state index in [0.717, 1.165) is 80.5 Å². The van der Waals surface area contributed by atoms with E-state index in [9.17, 15) is 28.8 Å². The number of nitrogens with zero attached hydrogens (tertiary/aromatic N) is 7. The van der Waals surface area contributed by atoms with Crippen molar-refractivity contribution in [2.24, 2.45) is 10.8 Å². The third-order valence-corrected chi connectivity index (χ3v) is 17.0. The lowest BCUT2D eigenvalue weighted by Crippen LogP contribution is -2.46. The Labute approximate surface area is 522 Å². The van der Waals surface area contributed by atoms with Gasteiger partial charge < -0.3 is 39.0 Å². The Bertz CT molecular complexity index is 3370. The van der Waals surface area contributed by atoms with Crippen LogP contribution in [0.15, 0.2) is 145 Å². The number of carbonyl (C=O) groups is 4. The Morgan fingerprint density at radius 2 is 0.918 bits per heavy atom. The molecule has 4 aromatic carbocycles. The summed E-state index contributed by atoms with van der Waals surface area (Å²) in [7, 11) is 0. The maximum atomic E-state index is 14.0. The van der Waals surface area contributed by atoms with Crippen molar-refractivity contribution in [3.8, 4) is 22.5 Å². The fourth-order valence-corrected chi connectivity index (χ4v) is 12.7. The summed E-state index contributed by atoms with van der Waals surface area (Å²) in [5.41, 5.74) is 3.13. The second kappa shape index (κ2) is 28.7. The summed E-state index contributed by atoms with van der Waals surface area (Å²) >= 11 is 10.1. The van der Waals surface area contributed by atoms with Crippen LogP contribution in [-0.4, -0.2) is 117 Å². The van der Waals surface area contributed by atoms with Crippen LogP contribution in [-0.2, 0) is 54.8 Å². The van der Waals surface area contributed by atoms with Gasteiger partial charge in [0, 0.05) is 56.9 Å². The highest BCUT2D eigenvalue weighted by Crippen LogP contribution is 2.42. The maximum absolute atomic E-state index is 14.0. The number of amides is 2. The first kappa shape index (κ1) is 64.3. The molecule has 4 aliphatic rings. The summed E-state index contributed by atoms with van der Waals surface area (Å²) in [4.78, 5) is 90.9. The van der Waals surface area contributed by atoms with E-state index in [-0.39, 0.29) is 59.7 Å². The number of piperidine rings is 2. The largest absolute Gasteiger partial charge is 0.459 e. The minimum Gasteiger partial charge on any atom is -0.459 e. The molecule has 2 aromatic heterocycles. The number of halogens is 3. The molecule has 0 saturated carbocycles. The lowest BCUT2D eigenvalue weighted by molar-refractivity contribution is -0.146. The fraction of sp³-hybridized carbons (Fsp3) is 0.438. The molecule has 0 unspecified atom stereocenters. The SMILES string of the molecule is CC(C)(C)OC(=O)N1CCC2(CC1)CCN(c1nc(Br)c(-c3ccccc3)n(CC(=O)OCc3ccccc3)c1=O)C2.CC(C)(C)OC(=O)N1CCC2(CCNC2)CC1.O=C(Cn1c(-c2ccccc2)c(Br)nc(Br)c1=O)OCc1ccccc1. The third kappa shape index (κ3) is 17.7. The van der Waals surface area contributed by atoms with Crippen molar-refractivity contribution in [1.82, 2.24) is 34.2 Å². The predicted octanol–water partition coefficient (Wildman–Crippen LogP) is 11.8. The fourth-order valence-electron chi connectivity index (χ4n) is 10.8. The van der Waals surface area contributed by atoms with Crippen LogP contribution in [0.4, 0.5) is 15.4 Å². The van der Waals surface area contributed by atoms with Gasteiger partial charge in [-0.3, -0.25) is 28.3 Å². The van der Waals surface area contributed by atoms with Gasteiger partial charge in [-0.15, -0.1) is 0 Å². The van der Waals surface area contributed by atoms with Gasteiger partial charge in [-0.1, -0.05) is 121 Å². The monoisotopic (exact) mass is 1350 g/mol. The van der Waals surface area contributed by atoms with Crippen molar-refractivity contribution in [3.05, 3.63) is 167 Å². The van der Waals surface area contributed by atoms with Gasteiger partial charge in [0.1, 0.15) is 46.7 Å². The van der Waals surface area contributed by atoms with Crippen molar-refractivity contribution in [1.29, 1.82) is 0 Å². The summed E-state index contributed by atoms with van der Waals surface area (Å²) in [6.07, 6.45) is 5.59. The number of benzene rings is 4. The zero-order valence-electron chi connectivity index (χ0n) is 49.1. The highest BCUT2D eigenvalue weighted by Gasteiger charge is 2.44. The summed E-state index contributed by atoms with van der Waals surface area (Å²) in [6.45, 7) is 17.7. The Kier molecular flexibility index (Phi) is 21.7. The Hall–Kier alpha value is -6.68. The number of aromatic nitrogens is 4. The van der Waals surface area contributed by atoms with Gasteiger partial charge in [0.05, 0.1) is 11.4 Å². The molecule has 0 radical (unpaired) electrons. The van der Waals surface area contributed by atoms with Crippen LogP contribution in [0.25, 0.3) is 22.5 Å². The number of rotatable bonds is 11. The molecule has 10 rings (SSSR count). The maximum Gasteiger partial charge on any atom is 0.410 e. The molecule has 4 fully saturated rings. The van der Waals surface area contributed by atoms with Gasteiger partial charge in [0.25, 0.3) is 11.1 Å². The summed E-state index contributed by atoms with van der Waals surface area (Å²) < 4.78 is 25.7. The van der Waals surface area contributed by atoms with E-state index in [1.165, 1.54) is 15.6 Å². The summed E-state index contributed by atoms with van der Waals surface area (Å²) in [6, 6.07) is 37.5. The van der Waals surface area contributed by atoms with E-state index in [1.54, 1.807) is 4.90 Å². The molecule has 0 atom stereocenters. The predicted molar refractivity (Wildman–Crippen MR) is 337 cm³/mol. The third-order valence-electron chi connectivity index (χ3n) is 15.4.